The Morgan fingerprint density at radius 1 is 1.04 bits per heavy atom. The van der Waals surface area contributed by atoms with Gasteiger partial charge in [-0.3, -0.25) is 22.9 Å². The lowest BCUT2D eigenvalue weighted by Crippen LogP contribution is -2.38. The van der Waals surface area contributed by atoms with Gasteiger partial charge in [-0.15, -0.1) is 0 Å². The zero-order chi connectivity index (χ0) is 19.6. The van der Waals surface area contributed by atoms with Gasteiger partial charge in [0.05, 0.1) is 5.69 Å². The highest BCUT2D eigenvalue weighted by atomic mass is 16.2. The van der Waals surface area contributed by atoms with Crippen LogP contribution >= 0.6 is 0 Å². The Kier molecular flexibility index (Phi) is 3.66. The van der Waals surface area contributed by atoms with Crippen molar-refractivity contribution in [2.45, 2.75) is 41.2 Å². The van der Waals surface area contributed by atoms with E-state index in [0.717, 1.165) is 22.6 Å². The molecule has 27 heavy (non-hydrogen) atoms. The van der Waals surface area contributed by atoms with E-state index >= 15 is 0 Å². The van der Waals surface area contributed by atoms with Crippen molar-refractivity contribution in [2.24, 2.45) is 7.05 Å². The second-order valence-corrected chi connectivity index (χ2v) is 7.04. The molecule has 4 rings (SSSR count). The van der Waals surface area contributed by atoms with E-state index < -0.39 is 0 Å². The Balaban J connectivity index is 2.27. The minimum absolute atomic E-state index is 0.302. The molecule has 0 N–H and O–H groups in total. The van der Waals surface area contributed by atoms with Crippen LogP contribution in [0.3, 0.4) is 0 Å². The van der Waals surface area contributed by atoms with Crippen molar-refractivity contribution in [3.63, 3.8) is 0 Å². The maximum atomic E-state index is 13.0. The largest absolute Gasteiger partial charge is 0.332 e. The SMILES string of the molecule is CCn1c(=O)c2c(nc3n(-c4cccc(C)c4C)c(C)c(C)n23)n(C)c1=O. The van der Waals surface area contributed by atoms with E-state index in [1.165, 1.54) is 14.7 Å². The van der Waals surface area contributed by atoms with Crippen LogP contribution in [0.4, 0.5) is 0 Å². The van der Waals surface area contributed by atoms with Crippen molar-refractivity contribution in [1.82, 2.24) is 23.1 Å². The monoisotopic (exact) mass is 365 g/mol. The number of fused-ring (bicyclic) bond motifs is 3. The molecule has 0 unspecified atom stereocenters. The first-order valence-corrected chi connectivity index (χ1v) is 9.06. The number of rotatable bonds is 2. The number of hydrogen-bond acceptors (Lipinski definition) is 3. The molecular formula is C20H23N5O2. The average molecular weight is 365 g/mol. The van der Waals surface area contributed by atoms with Crippen molar-refractivity contribution < 1.29 is 0 Å². The number of imidazole rings is 2. The molecule has 7 nitrogen and oxygen atoms in total. The lowest BCUT2D eigenvalue weighted by atomic mass is 10.1. The molecule has 0 saturated heterocycles. The molecule has 0 bridgehead atoms. The summed E-state index contributed by atoms with van der Waals surface area (Å²) in [6.07, 6.45) is 0. The molecule has 3 aromatic heterocycles. The maximum absolute atomic E-state index is 13.0. The number of hydrogen-bond donors (Lipinski definition) is 0. The number of aryl methyl sites for hydroxylation is 3. The molecule has 0 aliphatic carbocycles. The second kappa shape index (κ2) is 5.70. The van der Waals surface area contributed by atoms with Crippen LogP contribution in [0.25, 0.3) is 22.6 Å². The lowest BCUT2D eigenvalue weighted by Gasteiger charge is -2.11. The van der Waals surface area contributed by atoms with E-state index in [-0.39, 0.29) is 11.2 Å². The summed E-state index contributed by atoms with van der Waals surface area (Å²) < 4.78 is 6.65. The summed E-state index contributed by atoms with van der Waals surface area (Å²) in [5.74, 6) is 0.648. The van der Waals surface area contributed by atoms with Gasteiger partial charge in [0.15, 0.2) is 11.2 Å². The molecule has 1 aromatic carbocycles. The molecule has 0 aliphatic rings. The van der Waals surface area contributed by atoms with Gasteiger partial charge in [0.2, 0.25) is 5.78 Å². The van der Waals surface area contributed by atoms with Gasteiger partial charge in [-0.1, -0.05) is 12.1 Å². The molecule has 7 heteroatoms. The summed E-state index contributed by atoms with van der Waals surface area (Å²) in [6.45, 7) is 10.3. The highest BCUT2D eigenvalue weighted by molar-refractivity contribution is 5.77. The van der Waals surface area contributed by atoms with E-state index in [2.05, 4.69) is 30.5 Å². The fraction of sp³-hybridized carbons (Fsp3) is 0.350. The zero-order valence-corrected chi connectivity index (χ0v) is 16.5. The normalized spacial score (nSPS) is 11.8. The van der Waals surface area contributed by atoms with Gasteiger partial charge >= 0.3 is 5.69 Å². The fourth-order valence-corrected chi connectivity index (χ4v) is 3.80. The zero-order valence-electron chi connectivity index (χ0n) is 16.5. The fourth-order valence-electron chi connectivity index (χ4n) is 3.80. The summed E-state index contributed by atoms with van der Waals surface area (Å²) in [6, 6.07) is 6.15. The average Bonchev–Trinajstić information content (AvgIpc) is 3.13. The summed E-state index contributed by atoms with van der Waals surface area (Å²) in [5, 5.41) is 0. The molecule has 0 amide bonds. The van der Waals surface area contributed by atoms with E-state index in [9.17, 15) is 9.59 Å². The topological polar surface area (TPSA) is 66.2 Å². The Hall–Kier alpha value is -3.09. The van der Waals surface area contributed by atoms with Crippen molar-refractivity contribution in [1.29, 1.82) is 0 Å². The molecule has 0 aliphatic heterocycles. The van der Waals surface area contributed by atoms with Crippen LogP contribution in [0, 0.1) is 27.7 Å². The lowest BCUT2D eigenvalue weighted by molar-refractivity contribution is 0.636. The highest BCUT2D eigenvalue weighted by Gasteiger charge is 2.23. The molecule has 0 fully saturated rings. The molecule has 4 aromatic rings. The summed E-state index contributed by atoms with van der Waals surface area (Å²) >= 11 is 0. The van der Waals surface area contributed by atoms with E-state index in [1.807, 2.05) is 24.3 Å². The summed E-state index contributed by atoms with van der Waals surface area (Å²) in [7, 11) is 1.66. The summed E-state index contributed by atoms with van der Waals surface area (Å²) in [5.41, 5.74) is 5.54. The van der Waals surface area contributed by atoms with Gasteiger partial charge < -0.3 is 0 Å². The number of nitrogens with zero attached hydrogens (tertiary/aromatic N) is 5. The molecule has 0 spiro atoms. The maximum Gasteiger partial charge on any atom is 0.332 e. The van der Waals surface area contributed by atoms with Crippen LogP contribution in [0.2, 0.25) is 0 Å². The highest BCUT2D eigenvalue weighted by Crippen LogP contribution is 2.27. The van der Waals surface area contributed by atoms with Gasteiger partial charge in [0.25, 0.3) is 5.56 Å². The molecule has 140 valence electrons. The molecular weight excluding hydrogens is 342 g/mol. The second-order valence-electron chi connectivity index (χ2n) is 7.04. The van der Waals surface area contributed by atoms with E-state index in [4.69, 9.17) is 4.98 Å². The minimum atomic E-state index is -0.344. The standard InChI is InChI=1S/C20H23N5O2/c1-7-23-18(26)16-17(22(6)20(23)27)21-19-24(13(4)14(5)25(16)19)15-10-8-9-11(2)12(15)3/h8-10H,7H2,1-6H3. The van der Waals surface area contributed by atoms with Crippen LogP contribution in [-0.2, 0) is 13.6 Å². The summed E-state index contributed by atoms with van der Waals surface area (Å²) in [4.78, 5) is 30.2. The molecule has 3 heterocycles. The molecule has 0 saturated carbocycles. The van der Waals surface area contributed by atoms with Crippen molar-refractivity contribution in [3.8, 4) is 5.69 Å². The third-order valence-electron chi connectivity index (χ3n) is 5.65. The van der Waals surface area contributed by atoms with Crippen LogP contribution in [-0.4, -0.2) is 23.1 Å². The van der Waals surface area contributed by atoms with Gasteiger partial charge in [-0.05, 0) is 51.8 Å². The van der Waals surface area contributed by atoms with Crippen molar-refractivity contribution in [3.05, 3.63) is 61.6 Å². The van der Waals surface area contributed by atoms with Gasteiger partial charge in [-0.25, -0.2) is 4.79 Å². The predicted molar refractivity (Wildman–Crippen MR) is 106 cm³/mol. The Morgan fingerprint density at radius 3 is 2.41 bits per heavy atom. The smallest absolute Gasteiger partial charge is 0.282 e. The van der Waals surface area contributed by atoms with Gasteiger partial charge in [0.1, 0.15) is 0 Å². The minimum Gasteiger partial charge on any atom is -0.282 e. The van der Waals surface area contributed by atoms with Gasteiger partial charge in [-0.2, -0.15) is 4.98 Å². The third-order valence-corrected chi connectivity index (χ3v) is 5.65. The quantitative estimate of drug-likeness (QED) is 0.548. The number of benzene rings is 1. The Bertz CT molecular complexity index is 1350. The first kappa shape index (κ1) is 17.3. The molecule has 0 atom stereocenters. The van der Waals surface area contributed by atoms with E-state index in [0.29, 0.717) is 23.5 Å². The Labute approximate surface area is 156 Å². The number of aromatic nitrogens is 5. The van der Waals surface area contributed by atoms with E-state index in [1.54, 1.807) is 14.0 Å². The first-order chi connectivity index (χ1) is 12.8. The van der Waals surface area contributed by atoms with Gasteiger partial charge in [0, 0.05) is 25.0 Å². The molecule has 0 radical (unpaired) electrons. The van der Waals surface area contributed by atoms with Crippen LogP contribution in [0.5, 0.6) is 0 Å². The third kappa shape index (κ3) is 2.11. The first-order valence-electron chi connectivity index (χ1n) is 9.06. The van der Waals surface area contributed by atoms with Crippen molar-refractivity contribution >= 4 is 16.9 Å². The van der Waals surface area contributed by atoms with Crippen molar-refractivity contribution in [2.75, 3.05) is 0 Å². The predicted octanol–water partition coefficient (Wildman–Crippen LogP) is 2.39. The van der Waals surface area contributed by atoms with Crippen LogP contribution < -0.4 is 11.2 Å². The van der Waals surface area contributed by atoms with Crippen LogP contribution in [0.1, 0.15) is 29.4 Å². The Morgan fingerprint density at radius 2 is 1.74 bits per heavy atom. The van der Waals surface area contributed by atoms with Crippen LogP contribution in [0.15, 0.2) is 27.8 Å².